The number of para-hydroxylation sites is 1. The van der Waals surface area contributed by atoms with Crippen LogP contribution in [0.1, 0.15) is 6.42 Å². The normalized spacial score (nSPS) is 16.6. The highest BCUT2D eigenvalue weighted by molar-refractivity contribution is 7.89. The molecule has 2 rings (SSSR count). The zero-order chi connectivity index (χ0) is 14.8. The lowest BCUT2D eigenvalue weighted by Gasteiger charge is -2.24. The lowest BCUT2D eigenvalue weighted by atomic mass is 10.2. The maximum absolute atomic E-state index is 12.5. The molecule has 8 heteroatoms. The lowest BCUT2D eigenvalue weighted by molar-refractivity contribution is -0.387. The maximum Gasteiger partial charge on any atom is 0.289 e. The average Bonchev–Trinajstić information content (AvgIpc) is 2.47. The Kier molecular flexibility index (Phi) is 4.05. The van der Waals surface area contributed by atoms with Gasteiger partial charge in [0.05, 0.1) is 17.8 Å². The van der Waals surface area contributed by atoms with Gasteiger partial charge in [-0.25, -0.2) is 8.42 Å². The van der Waals surface area contributed by atoms with Gasteiger partial charge in [-0.1, -0.05) is 12.1 Å². The van der Waals surface area contributed by atoms with Crippen molar-refractivity contribution >= 4 is 15.7 Å². The first-order valence-electron chi connectivity index (χ1n) is 5.93. The third-order valence-electron chi connectivity index (χ3n) is 3.07. The second-order valence-corrected chi connectivity index (χ2v) is 6.12. The number of rotatable bonds is 4. The molecule has 20 heavy (non-hydrogen) atoms. The van der Waals surface area contributed by atoms with Crippen molar-refractivity contribution in [2.45, 2.75) is 11.3 Å². The molecule has 0 unspecified atom stereocenters. The van der Waals surface area contributed by atoms with E-state index in [1.807, 2.05) is 0 Å². The zero-order valence-corrected chi connectivity index (χ0v) is 11.7. The van der Waals surface area contributed by atoms with Crippen LogP contribution in [0.4, 0.5) is 5.69 Å². The highest BCUT2D eigenvalue weighted by atomic mass is 32.2. The summed E-state index contributed by atoms with van der Waals surface area (Å²) in [6.07, 6.45) is 2.12. The molecule has 0 N–H and O–H groups in total. The standard InChI is InChI=1S/C12H14N2O5S/c1-19-10-6-8-13(9-7-10)20(17,18)12-5-3-2-4-11(12)14(15)16/h2-6H,7-9H2,1H3. The topological polar surface area (TPSA) is 89.8 Å². The molecule has 1 aromatic rings. The molecule has 1 aliphatic rings. The molecule has 0 saturated carbocycles. The lowest BCUT2D eigenvalue weighted by Crippen LogP contribution is -2.35. The van der Waals surface area contributed by atoms with Gasteiger partial charge in [-0.2, -0.15) is 4.31 Å². The van der Waals surface area contributed by atoms with E-state index in [-0.39, 0.29) is 18.0 Å². The van der Waals surface area contributed by atoms with E-state index in [1.165, 1.54) is 35.7 Å². The van der Waals surface area contributed by atoms with E-state index >= 15 is 0 Å². The second-order valence-electron chi connectivity index (χ2n) is 4.21. The summed E-state index contributed by atoms with van der Waals surface area (Å²) in [4.78, 5) is 9.97. The fraction of sp³-hybridized carbons (Fsp3) is 0.333. The van der Waals surface area contributed by atoms with Gasteiger partial charge in [0.25, 0.3) is 5.69 Å². The van der Waals surface area contributed by atoms with E-state index in [0.29, 0.717) is 6.42 Å². The van der Waals surface area contributed by atoms with Crippen molar-refractivity contribution in [2.24, 2.45) is 0 Å². The van der Waals surface area contributed by atoms with Gasteiger partial charge in [0.15, 0.2) is 4.90 Å². The van der Waals surface area contributed by atoms with Crippen LogP contribution in [0, 0.1) is 10.1 Å². The van der Waals surface area contributed by atoms with Crippen molar-refractivity contribution in [3.05, 3.63) is 46.2 Å². The van der Waals surface area contributed by atoms with E-state index in [2.05, 4.69) is 0 Å². The minimum absolute atomic E-state index is 0.150. The van der Waals surface area contributed by atoms with E-state index in [4.69, 9.17) is 4.74 Å². The molecule has 0 aliphatic carbocycles. The quantitative estimate of drug-likeness (QED) is 0.621. The minimum atomic E-state index is -3.88. The summed E-state index contributed by atoms with van der Waals surface area (Å²) in [7, 11) is -2.35. The van der Waals surface area contributed by atoms with Crippen LogP contribution < -0.4 is 0 Å². The van der Waals surface area contributed by atoms with E-state index in [1.54, 1.807) is 6.08 Å². The summed E-state index contributed by atoms with van der Waals surface area (Å²) in [5.74, 6) is 0.721. The smallest absolute Gasteiger partial charge is 0.289 e. The summed E-state index contributed by atoms with van der Waals surface area (Å²) in [6, 6.07) is 5.35. The average molecular weight is 298 g/mol. The molecule has 0 amide bonds. The predicted molar refractivity (Wildman–Crippen MR) is 71.6 cm³/mol. The minimum Gasteiger partial charge on any atom is -0.501 e. The molecule has 1 aromatic carbocycles. The number of ether oxygens (including phenoxy) is 1. The third kappa shape index (κ3) is 2.66. The summed E-state index contributed by atoms with van der Waals surface area (Å²) in [5.41, 5.74) is -0.408. The molecule has 7 nitrogen and oxygen atoms in total. The number of benzene rings is 1. The molecule has 0 fully saturated rings. The van der Waals surface area contributed by atoms with Crippen LogP contribution in [-0.4, -0.2) is 37.8 Å². The van der Waals surface area contributed by atoms with Gasteiger partial charge in [0.1, 0.15) is 0 Å². The number of methoxy groups -OCH3 is 1. The Hall–Kier alpha value is -1.93. The number of nitrogens with zero attached hydrogens (tertiary/aromatic N) is 2. The molecule has 1 aliphatic heterocycles. The molecule has 0 atom stereocenters. The van der Waals surface area contributed by atoms with E-state index < -0.39 is 20.6 Å². The van der Waals surface area contributed by atoms with E-state index in [9.17, 15) is 18.5 Å². The first kappa shape index (κ1) is 14.5. The summed E-state index contributed by atoms with van der Waals surface area (Å²) in [5, 5.41) is 10.9. The first-order valence-corrected chi connectivity index (χ1v) is 7.37. The molecule has 1 heterocycles. The number of nitro groups is 1. The fourth-order valence-electron chi connectivity index (χ4n) is 2.00. The maximum atomic E-state index is 12.5. The Morgan fingerprint density at radius 1 is 1.35 bits per heavy atom. The monoisotopic (exact) mass is 298 g/mol. The highest BCUT2D eigenvalue weighted by Crippen LogP contribution is 2.27. The van der Waals surface area contributed by atoms with Crippen LogP contribution in [0.15, 0.2) is 41.0 Å². The van der Waals surface area contributed by atoms with Crippen molar-refractivity contribution in [3.8, 4) is 0 Å². The molecule has 0 saturated heterocycles. The second kappa shape index (κ2) is 5.59. The van der Waals surface area contributed by atoms with Crippen molar-refractivity contribution in [1.29, 1.82) is 0 Å². The molecule has 0 radical (unpaired) electrons. The first-order chi connectivity index (χ1) is 9.46. The van der Waals surface area contributed by atoms with Crippen LogP contribution in [-0.2, 0) is 14.8 Å². The number of nitro benzene ring substituents is 1. The highest BCUT2D eigenvalue weighted by Gasteiger charge is 2.32. The molecular weight excluding hydrogens is 284 g/mol. The SMILES string of the molecule is COC1=CCN(S(=O)(=O)c2ccccc2[N+](=O)[O-])CC1. The van der Waals surface area contributed by atoms with Gasteiger partial charge in [0, 0.05) is 25.6 Å². The Morgan fingerprint density at radius 2 is 2.05 bits per heavy atom. The van der Waals surface area contributed by atoms with Gasteiger partial charge in [-0.05, 0) is 12.1 Å². The van der Waals surface area contributed by atoms with Crippen molar-refractivity contribution in [3.63, 3.8) is 0 Å². The van der Waals surface area contributed by atoms with Crippen LogP contribution in [0.2, 0.25) is 0 Å². The fourth-order valence-corrected chi connectivity index (χ4v) is 3.54. The Morgan fingerprint density at radius 3 is 2.60 bits per heavy atom. The van der Waals surface area contributed by atoms with Gasteiger partial charge in [0.2, 0.25) is 10.0 Å². The molecule has 0 bridgehead atoms. The Balaban J connectivity index is 2.37. The van der Waals surface area contributed by atoms with Crippen LogP contribution in [0.3, 0.4) is 0 Å². The Labute approximate surface area is 116 Å². The molecule has 0 spiro atoms. The molecule has 0 aromatic heterocycles. The van der Waals surface area contributed by atoms with Crippen molar-refractivity contribution in [2.75, 3.05) is 20.2 Å². The Bertz CT molecular complexity index is 654. The largest absolute Gasteiger partial charge is 0.501 e. The van der Waals surface area contributed by atoms with Crippen LogP contribution in [0.25, 0.3) is 0 Å². The summed E-state index contributed by atoms with van der Waals surface area (Å²) >= 11 is 0. The van der Waals surface area contributed by atoms with E-state index in [0.717, 1.165) is 5.76 Å². The van der Waals surface area contributed by atoms with Gasteiger partial charge >= 0.3 is 0 Å². The molecular formula is C12H14N2O5S. The summed E-state index contributed by atoms with van der Waals surface area (Å²) < 4.78 is 31.2. The van der Waals surface area contributed by atoms with Crippen LogP contribution in [0.5, 0.6) is 0 Å². The number of sulfonamides is 1. The molecule has 108 valence electrons. The van der Waals surface area contributed by atoms with Crippen LogP contribution >= 0.6 is 0 Å². The number of hydrogen-bond donors (Lipinski definition) is 0. The predicted octanol–water partition coefficient (Wildman–Crippen LogP) is 1.52. The van der Waals surface area contributed by atoms with Gasteiger partial charge < -0.3 is 4.74 Å². The van der Waals surface area contributed by atoms with Crippen molar-refractivity contribution < 1.29 is 18.1 Å². The zero-order valence-electron chi connectivity index (χ0n) is 10.9. The number of hydrogen-bond acceptors (Lipinski definition) is 5. The summed E-state index contributed by atoms with van der Waals surface area (Å²) in [6.45, 7) is 0.394. The van der Waals surface area contributed by atoms with Gasteiger partial charge in [-0.3, -0.25) is 10.1 Å². The van der Waals surface area contributed by atoms with Gasteiger partial charge in [-0.15, -0.1) is 0 Å². The van der Waals surface area contributed by atoms with Crippen molar-refractivity contribution in [1.82, 2.24) is 4.31 Å². The third-order valence-corrected chi connectivity index (χ3v) is 4.98.